The highest BCUT2D eigenvalue weighted by Crippen LogP contribution is 2.40. The van der Waals surface area contributed by atoms with E-state index in [2.05, 4.69) is 84.0 Å². The molecule has 0 saturated carbocycles. The summed E-state index contributed by atoms with van der Waals surface area (Å²) in [7, 11) is 0. The van der Waals surface area contributed by atoms with E-state index in [0.29, 0.717) is 42.5 Å². The van der Waals surface area contributed by atoms with Crippen LogP contribution in [0, 0.1) is 6.92 Å². The average Bonchev–Trinajstić information content (AvgIpc) is 2.98. The molecule has 0 radical (unpaired) electrons. The van der Waals surface area contributed by atoms with E-state index in [1.165, 1.54) is 5.56 Å². The Balaban J connectivity index is 1.42. The number of benzene rings is 3. The predicted molar refractivity (Wildman–Crippen MR) is 191 cm³/mol. The van der Waals surface area contributed by atoms with Crippen molar-refractivity contribution in [1.82, 2.24) is 0 Å². The van der Waals surface area contributed by atoms with Gasteiger partial charge in [-0.05, 0) is 70.9 Å². The van der Waals surface area contributed by atoms with Gasteiger partial charge in [0.2, 0.25) is 0 Å². The molecule has 0 aliphatic carbocycles. The highest BCUT2D eigenvalue weighted by molar-refractivity contribution is 7.99. The van der Waals surface area contributed by atoms with Crippen LogP contribution in [0.3, 0.4) is 0 Å². The van der Waals surface area contributed by atoms with Gasteiger partial charge in [0.15, 0.2) is 0 Å². The van der Waals surface area contributed by atoms with E-state index in [1.807, 2.05) is 25.1 Å². The van der Waals surface area contributed by atoms with Gasteiger partial charge in [-0.25, -0.2) is 0 Å². The lowest BCUT2D eigenvalue weighted by Crippen LogP contribution is -2.18. The Hall–Kier alpha value is -3.25. The molecule has 0 atom stereocenters. The molecule has 250 valence electrons. The third kappa shape index (κ3) is 12.5. The molecule has 0 amide bonds. The summed E-state index contributed by atoms with van der Waals surface area (Å²) >= 11 is 1.56. The highest BCUT2D eigenvalue weighted by Gasteiger charge is 2.27. The number of ether oxygens (including phenoxy) is 2. The van der Waals surface area contributed by atoms with Crippen molar-refractivity contribution in [3.63, 3.8) is 0 Å². The zero-order chi connectivity index (χ0) is 33.7. The summed E-state index contributed by atoms with van der Waals surface area (Å²) in [4.78, 5) is 24.9. The summed E-state index contributed by atoms with van der Waals surface area (Å²) in [5, 5.41) is 11.1. The molecule has 3 aromatic carbocycles. The fraction of sp³-hybridized carbons (Fsp3) is 0.500. The molecular formula is C40H54O5S. The number of aryl methyl sites for hydroxylation is 2. The van der Waals surface area contributed by atoms with Gasteiger partial charge in [0.25, 0.3) is 0 Å². The molecule has 1 N–H and O–H groups in total. The number of rotatable bonds is 16. The molecular weight excluding hydrogens is 593 g/mol. The molecule has 5 nitrogen and oxygen atoms in total. The molecule has 0 bridgehead atoms. The van der Waals surface area contributed by atoms with E-state index >= 15 is 0 Å². The molecule has 3 rings (SSSR count). The highest BCUT2D eigenvalue weighted by atomic mass is 32.2. The van der Waals surface area contributed by atoms with Crippen molar-refractivity contribution in [2.45, 2.75) is 111 Å². The van der Waals surface area contributed by atoms with Crippen LogP contribution in [-0.4, -0.2) is 35.2 Å². The second-order valence-electron chi connectivity index (χ2n) is 14.3. The van der Waals surface area contributed by atoms with Crippen molar-refractivity contribution in [3.8, 4) is 11.5 Å². The molecule has 0 spiro atoms. The number of phenolic OH excluding ortho intramolecular Hbond substituents is 1. The SMILES string of the molecule is Cc1ccc(OC(=O)CCSCCC(=O)OCCCCCCc2ccccc2)c(Cc2cc(C(C)(C)C)c(O)c(C(C)(C)C)c2)c1. The Labute approximate surface area is 281 Å². The van der Waals surface area contributed by atoms with Crippen molar-refractivity contribution >= 4 is 23.7 Å². The van der Waals surface area contributed by atoms with E-state index in [1.54, 1.807) is 11.8 Å². The van der Waals surface area contributed by atoms with E-state index < -0.39 is 0 Å². The minimum atomic E-state index is -0.288. The van der Waals surface area contributed by atoms with Crippen LogP contribution in [0.4, 0.5) is 0 Å². The zero-order valence-corrected chi connectivity index (χ0v) is 29.9. The monoisotopic (exact) mass is 646 g/mol. The number of hydrogen-bond donors (Lipinski definition) is 1. The Morgan fingerprint density at radius 1 is 0.739 bits per heavy atom. The third-order valence-electron chi connectivity index (χ3n) is 7.99. The summed E-state index contributed by atoms with van der Waals surface area (Å²) in [6, 6.07) is 20.5. The maximum atomic E-state index is 12.8. The van der Waals surface area contributed by atoms with Gasteiger partial charge in [-0.15, -0.1) is 0 Å². The number of hydrogen-bond acceptors (Lipinski definition) is 6. The number of aromatic hydroxyl groups is 1. The van der Waals surface area contributed by atoms with Crippen LogP contribution < -0.4 is 4.74 Å². The number of thioether (sulfide) groups is 1. The van der Waals surface area contributed by atoms with Crippen molar-refractivity contribution in [1.29, 1.82) is 0 Å². The fourth-order valence-electron chi connectivity index (χ4n) is 5.38. The molecule has 0 saturated heterocycles. The van der Waals surface area contributed by atoms with Crippen LogP contribution in [0.15, 0.2) is 60.7 Å². The second-order valence-corrected chi connectivity index (χ2v) is 15.5. The van der Waals surface area contributed by atoms with Gasteiger partial charge < -0.3 is 14.6 Å². The maximum absolute atomic E-state index is 12.8. The molecule has 0 aliphatic rings. The molecule has 0 heterocycles. The fourth-order valence-corrected chi connectivity index (χ4v) is 6.21. The van der Waals surface area contributed by atoms with Crippen LogP contribution >= 0.6 is 11.8 Å². The number of phenols is 1. The first-order chi connectivity index (χ1) is 21.7. The smallest absolute Gasteiger partial charge is 0.312 e. The molecule has 6 heteroatoms. The number of esters is 2. The minimum Gasteiger partial charge on any atom is -0.507 e. The minimum absolute atomic E-state index is 0.179. The Bertz CT molecular complexity index is 1380. The van der Waals surface area contributed by atoms with Crippen LogP contribution in [0.25, 0.3) is 0 Å². The quantitative estimate of drug-likeness (QED) is 0.0949. The summed E-state index contributed by atoms with van der Waals surface area (Å²) in [5.74, 6) is 1.65. The van der Waals surface area contributed by atoms with E-state index in [0.717, 1.165) is 59.9 Å². The Kier molecular flexibility index (Phi) is 14.2. The van der Waals surface area contributed by atoms with Crippen molar-refractivity contribution in [2.24, 2.45) is 0 Å². The first-order valence-corrected chi connectivity index (χ1v) is 17.8. The van der Waals surface area contributed by atoms with Crippen LogP contribution in [0.1, 0.15) is 113 Å². The van der Waals surface area contributed by atoms with E-state index in [-0.39, 0.29) is 29.2 Å². The molecule has 0 aliphatic heterocycles. The number of carbonyl (C=O) groups is 2. The standard InChI is InChI=1S/C40H54O5S/c1-29-18-19-35(32(25-29)26-31-27-33(39(2,3)4)38(43)34(28-31)40(5,6)7)45-37(42)21-24-46-23-20-36(41)44-22-14-9-8-11-15-30-16-12-10-13-17-30/h10,12-13,16-19,25,27-28,43H,8-9,11,14-15,20-24,26H2,1-7H3. The van der Waals surface area contributed by atoms with E-state index in [9.17, 15) is 14.7 Å². The van der Waals surface area contributed by atoms with Gasteiger partial charge in [0.05, 0.1) is 19.4 Å². The summed E-state index contributed by atoms with van der Waals surface area (Å²) in [6.07, 6.45) is 6.52. The Morgan fingerprint density at radius 2 is 1.35 bits per heavy atom. The number of unbranched alkanes of at least 4 members (excludes halogenated alkanes) is 3. The van der Waals surface area contributed by atoms with Crippen LogP contribution in [-0.2, 0) is 38.0 Å². The normalized spacial score (nSPS) is 11.8. The van der Waals surface area contributed by atoms with Gasteiger partial charge in [-0.3, -0.25) is 9.59 Å². The molecule has 0 unspecified atom stereocenters. The van der Waals surface area contributed by atoms with Crippen molar-refractivity contribution in [3.05, 3.63) is 94.0 Å². The van der Waals surface area contributed by atoms with Gasteiger partial charge in [0.1, 0.15) is 11.5 Å². The van der Waals surface area contributed by atoms with Gasteiger partial charge in [0, 0.05) is 17.9 Å². The van der Waals surface area contributed by atoms with Crippen molar-refractivity contribution < 1.29 is 24.2 Å². The van der Waals surface area contributed by atoms with Crippen molar-refractivity contribution in [2.75, 3.05) is 18.1 Å². The van der Waals surface area contributed by atoms with Crippen LogP contribution in [0.5, 0.6) is 11.5 Å². The number of carbonyl (C=O) groups excluding carboxylic acids is 2. The lowest BCUT2D eigenvalue weighted by molar-refractivity contribution is -0.143. The lowest BCUT2D eigenvalue weighted by atomic mass is 9.78. The Morgan fingerprint density at radius 3 is 1.98 bits per heavy atom. The topological polar surface area (TPSA) is 72.8 Å². The summed E-state index contributed by atoms with van der Waals surface area (Å²) in [6.45, 7) is 15.1. The second kappa shape index (κ2) is 17.6. The third-order valence-corrected chi connectivity index (χ3v) is 8.97. The first-order valence-electron chi connectivity index (χ1n) is 16.7. The van der Waals surface area contributed by atoms with Gasteiger partial charge in [-0.1, -0.05) is 115 Å². The molecule has 0 fully saturated rings. The summed E-state index contributed by atoms with van der Waals surface area (Å²) in [5.41, 5.74) is 5.85. The molecule has 0 aromatic heterocycles. The molecule has 46 heavy (non-hydrogen) atoms. The van der Waals surface area contributed by atoms with Gasteiger partial charge >= 0.3 is 11.9 Å². The van der Waals surface area contributed by atoms with Gasteiger partial charge in [-0.2, -0.15) is 11.8 Å². The first kappa shape index (κ1) is 37.2. The average molecular weight is 647 g/mol. The zero-order valence-electron chi connectivity index (χ0n) is 29.0. The van der Waals surface area contributed by atoms with E-state index in [4.69, 9.17) is 9.47 Å². The lowest BCUT2D eigenvalue weighted by Gasteiger charge is -2.28. The molecule has 3 aromatic rings. The predicted octanol–water partition coefficient (Wildman–Crippen LogP) is 9.65. The largest absolute Gasteiger partial charge is 0.507 e. The van der Waals surface area contributed by atoms with Crippen LogP contribution in [0.2, 0.25) is 0 Å². The maximum Gasteiger partial charge on any atom is 0.312 e. The summed E-state index contributed by atoms with van der Waals surface area (Å²) < 4.78 is 11.2.